The molecule has 1 aromatic heterocycles. The van der Waals surface area contributed by atoms with Gasteiger partial charge in [-0.2, -0.15) is 0 Å². The molecule has 0 atom stereocenters. The molecule has 0 spiro atoms. The normalized spacial score (nSPS) is 15.1. The number of hydrogen-bond donors (Lipinski definition) is 1. The second kappa shape index (κ2) is 4.24. The summed E-state index contributed by atoms with van der Waals surface area (Å²) in [6.45, 7) is 1.97. The molecule has 0 amide bonds. The molecule has 0 unspecified atom stereocenters. The molecule has 1 fully saturated rings. The van der Waals surface area contributed by atoms with Gasteiger partial charge < -0.3 is 5.73 Å². The first kappa shape index (κ1) is 12.0. The number of rotatable bonds is 2. The number of aromatic nitrogens is 3. The number of halogens is 2. The third-order valence-corrected chi connectivity index (χ3v) is 4.20. The maximum Gasteiger partial charge on any atom is 0.169 e. The van der Waals surface area contributed by atoms with Crippen LogP contribution in [0.5, 0.6) is 0 Å². The van der Waals surface area contributed by atoms with Crippen LogP contribution in [0.3, 0.4) is 0 Å². The Morgan fingerprint density at radius 2 is 2.17 bits per heavy atom. The maximum atomic E-state index is 6.18. The van der Waals surface area contributed by atoms with Gasteiger partial charge in [-0.3, -0.25) is 0 Å². The van der Waals surface area contributed by atoms with Crippen molar-refractivity contribution >= 4 is 33.3 Å². The molecule has 0 aliphatic heterocycles. The SMILES string of the molecule is Cc1cc(Br)c(-n2nnc(N)c2C2CC2)cc1Cl. The molecule has 2 aromatic rings. The first-order valence-corrected chi connectivity index (χ1v) is 6.92. The number of nitrogen functional groups attached to an aromatic ring is 1. The van der Waals surface area contributed by atoms with Gasteiger partial charge in [-0.05, 0) is 53.4 Å². The highest BCUT2D eigenvalue weighted by atomic mass is 79.9. The fourth-order valence-electron chi connectivity index (χ4n) is 2.02. The molecule has 0 bridgehead atoms. The lowest BCUT2D eigenvalue weighted by Crippen LogP contribution is -2.04. The van der Waals surface area contributed by atoms with Crippen LogP contribution in [0.1, 0.15) is 30.0 Å². The van der Waals surface area contributed by atoms with Crippen molar-refractivity contribution in [3.63, 3.8) is 0 Å². The summed E-state index contributed by atoms with van der Waals surface area (Å²) in [5.41, 5.74) is 8.80. The van der Waals surface area contributed by atoms with E-state index in [4.69, 9.17) is 17.3 Å². The Balaban J connectivity index is 2.18. The van der Waals surface area contributed by atoms with Crippen LogP contribution in [0.4, 0.5) is 5.82 Å². The Morgan fingerprint density at radius 3 is 2.83 bits per heavy atom. The summed E-state index contributed by atoms with van der Waals surface area (Å²) in [7, 11) is 0. The molecule has 0 saturated heterocycles. The van der Waals surface area contributed by atoms with Gasteiger partial charge in [-0.15, -0.1) is 5.10 Å². The van der Waals surface area contributed by atoms with Gasteiger partial charge in [0.15, 0.2) is 5.82 Å². The van der Waals surface area contributed by atoms with Gasteiger partial charge in [0.25, 0.3) is 0 Å². The highest BCUT2D eigenvalue weighted by Gasteiger charge is 2.31. The van der Waals surface area contributed by atoms with Gasteiger partial charge in [0.1, 0.15) is 0 Å². The highest BCUT2D eigenvalue weighted by Crippen LogP contribution is 2.43. The predicted octanol–water partition coefficient (Wildman–Crippen LogP) is 3.45. The van der Waals surface area contributed by atoms with E-state index >= 15 is 0 Å². The summed E-state index contributed by atoms with van der Waals surface area (Å²) < 4.78 is 2.73. The summed E-state index contributed by atoms with van der Waals surface area (Å²) >= 11 is 9.72. The van der Waals surface area contributed by atoms with E-state index in [-0.39, 0.29) is 0 Å². The Hall–Kier alpha value is -1.07. The van der Waals surface area contributed by atoms with Gasteiger partial charge in [0.2, 0.25) is 0 Å². The highest BCUT2D eigenvalue weighted by molar-refractivity contribution is 9.10. The van der Waals surface area contributed by atoms with Crippen LogP contribution < -0.4 is 5.73 Å². The second-order valence-electron chi connectivity index (χ2n) is 4.60. The van der Waals surface area contributed by atoms with Gasteiger partial charge in [0, 0.05) is 15.4 Å². The van der Waals surface area contributed by atoms with Crippen molar-refractivity contribution in [2.24, 2.45) is 0 Å². The summed E-state index contributed by atoms with van der Waals surface area (Å²) in [6.07, 6.45) is 2.30. The molecule has 3 rings (SSSR count). The average Bonchev–Trinajstić information content (AvgIpc) is 3.08. The molecule has 1 aliphatic carbocycles. The van der Waals surface area contributed by atoms with E-state index in [2.05, 4.69) is 26.2 Å². The number of hydrogen-bond acceptors (Lipinski definition) is 3. The zero-order valence-corrected chi connectivity index (χ0v) is 12.2. The van der Waals surface area contributed by atoms with Gasteiger partial charge in [-0.1, -0.05) is 16.8 Å². The van der Waals surface area contributed by atoms with E-state index in [1.54, 1.807) is 4.68 Å². The van der Waals surface area contributed by atoms with Crippen molar-refractivity contribution in [2.75, 3.05) is 5.73 Å². The monoisotopic (exact) mass is 326 g/mol. The molecule has 4 nitrogen and oxygen atoms in total. The quantitative estimate of drug-likeness (QED) is 0.919. The van der Waals surface area contributed by atoms with E-state index in [1.165, 1.54) is 0 Å². The van der Waals surface area contributed by atoms with Crippen molar-refractivity contribution in [3.05, 3.63) is 32.9 Å². The largest absolute Gasteiger partial charge is 0.381 e. The van der Waals surface area contributed by atoms with Crippen molar-refractivity contribution in [3.8, 4) is 5.69 Å². The van der Waals surface area contributed by atoms with Crippen LogP contribution >= 0.6 is 27.5 Å². The van der Waals surface area contributed by atoms with Crippen molar-refractivity contribution < 1.29 is 0 Å². The molecular weight excluding hydrogens is 316 g/mol. The van der Waals surface area contributed by atoms with E-state index < -0.39 is 0 Å². The van der Waals surface area contributed by atoms with E-state index in [9.17, 15) is 0 Å². The summed E-state index contributed by atoms with van der Waals surface area (Å²) in [6, 6.07) is 3.87. The molecule has 1 saturated carbocycles. The van der Waals surface area contributed by atoms with Crippen LogP contribution in [-0.2, 0) is 0 Å². The molecule has 1 aromatic carbocycles. The summed E-state index contributed by atoms with van der Waals surface area (Å²) in [4.78, 5) is 0. The van der Waals surface area contributed by atoms with E-state index in [0.717, 1.165) is 34.3 Å². The van der Waals surface area contributed by atoms with E-state index in [1.807, 2.05) is 19.1 Å². The Kier molecular flexibility index (Phi) is 2.83. The number of nitrogens with zero attached hydrogens (tertiary/aromatic N) is 3. The lowest BCUT2D eigenvalue weighted by atomic mass is 10.2. The molecule has 2 N–H and O–H groups in total. The van der Waals surface area contributed by atoms with Crippen molar-refractivity contribution in [2.45, 2.75) is 25.7 Å². The molecular formula is C12H12BrClN4. The minimum atomic E-state index is 0.479. The summed E-state index contributed by atoms with van der Waals surface area (Å²) in [5, 5.41) is 8.82. The zero-order chi connectivity index (χ0) is 12.9. The summed E-state index contributed by atoms with van der Waals surface area (Å²) in [5.74, 6) is 0.994. The Labute approximate surface area is 118 Å². The molecule has 1 aliphatic rings. The van der Waals surface area contributed by atoms with Crippen molar-refractivity contribution in [1.29, 1.82) is 0 Å². The van der Waals surface area contributed by atoms with Gasteiger partial charge in [0.05, 0.1) is 11.4 Å². The first-order valence-electron chi connectivity index (χ1n) is 5.75. The Morgan fingerprint density at radius 1 is 1.44 bits per heavy atom. The predicted molar refractivity (Wildman–Crippen MR) is 75.2 cm³/mol. The van der Waals surface area contributed by atoms with Crippen LogP contribution in [0.25, 0.3) is 5.69 Å². The number of nitrogens with two attached hydrogens (primary N) is 1. The fraction of sp³-hybridized carbons (Fsp3) is 0.333. The third-order valence-electron chi connectivity index (χ3n) is 3.15. The molecule has 1 heterocycles. The Bertz CT molecular complexity index is 619. The lowest BCUT2D eigenvalue weighted by molar-refractivity contribution is 0.761. The van der Waals surface area contributed by atoms with Gasteiger partial charge >= 0.3 is 0 Å². The van der Waals surface area contributed by atoms with Crippen LogP contribution in [-0.4, -0.2) is 15.0 Å². The smallest absolute Gasteiger partial charge is 0.169 e. The van der Waals surface area contributed by atoms with Crippen molar-refractivity contribution in [1.82, 2.24) is 15.0 Å². The topological polar surface area (TPSA) is 56.7 Å². The first-order chi connectivity index (χ1) is 8.58. The third kappa shape index (κ3) is 1.91. The maximum absolute atomic E-state index is 6.18. The average molecular weight is 328 g/mol. The minimum absolute atomic E-state index is 0.479. The zero-order valence-electron chi connectivity index (χ0n) is 9.82. The van der Waals surface area contributed by atoms with Crippen LogP contribution in [0.15, 0.2) is 16.6 Å². The number of benzene rings is 1. The van der Waals surface area contributed by atoms with Crippen LogP contribution in [0, 0.1) is 6.92 Å². The second-order valence-corrected chi connectivity index (χ2v) is 5.86. The molecule has 6 heteroatoms. The molecule has 0 radical (unpaired) electrons. The van der Waals surface area contributed by atoms with E-state index in [0.29, 0.717) is 16.8 Å². The van der Waals surface area contributed by atoms with Gasteiger partial charge in [-0.25, -0.2) is 4.68 Å². The lowest BCUT2D eigenvalue weighted by Gasteiger charge is -2.10. The van der Waals surface area contributed by atoms with Crippen LogP contribution in [0.2, 0.25) is 5.02 Å². The molecule has 18 heavy (non-hydrogen) atoms. The fourth-order valence-corrected chi connectivity index (χ4v) is 2.80. The number of aryl methyl sites for hydroxylation is 1. The minimum Gasteiger partial charge on any atom is -0.381 e. The molecule has 94 valence electrons. The number of anilines is 1. The standard InChI is InChI=1S/C12H12BrClN4/c1-6-4-8(13)10(5-9(6)14)18-11(7-2-3-7)12(15)16-17-18/h4-5,7H,2-3,15H2,1H3.